The molecule has 31 heavy (non-hydrogen) atoms. The normalized spacial score (nSPS) is 29.0. The van der Waals surface area contributed by atoms with Gasteiger partial charge < -0.3 is 15.0 Å². The van der Waals surface area contributed by atoms with Crippen molar-refractivity contribution < 1.29 is 17.9 Å². The van der Waals surface area contributed by atoms with Crippen molar-refractivity contribution in [3.8, 4) is 0 Å². The molecule has 2 aromatic rings. The molecular weight excluding hydrogens is 416 g/mol. The number of likely N-dealkylation sites (tertiary alicyclic amines) is 1. The van der Waals surface area contributed by atoms with E-state index >= 15 is 0 Å². The molecule has 0 unspecified atom stereocenters. The summed E-state index contributed by atoms with van der Waals surface area (Å²) in [5.41, 5.74) is 1.88. The van der Waals surface area contributed by atoms with Crippen molar-refractivity contribution >= 4 is 21.7 Å². The molecule has 9 heteroatoms. The number of carbonyl (C=O) groups excluding carboxylic acids is 1. The minimum Gasteiger partial charge on any atom is -0.365 e. The number of anilines is 1. The van der Waals surface area contributed by atoms with Crippen molar-refractivity contribution in [1.82, 2.24) is 14.2 Å². The van der Waals surface area contributed by atoms with E-state index in [-0.39, 0.29) is 31.8 Å². The second-order valence-corrected chi connectivity index (χ2v) is 10.7. The van der Waals surface area contributed by atoms with Crippen molar-refractivity contribution in [2.45, 2.75) is 43.3 Å². The molecule has 1 aromatic carbocycles. The van der Waals surface area contributed by atoms with Gasteiger partial charge in [0, 0.05) is 37.7 Å². The van der Waals surface area contributed by atoms with Crippen LogP contribution in [-0.4, -0.2) is 65.2 Å². The lowest BCUT2D eigenvalue weighted by molar-refractivity contribution is -0.0946. The molecule has 8 nitrogen and oxygen atoms in total. The molecule has 0 aliphatic carbocycles. The summed E-state index contributed by atoms with van der Waals surface area (Å²) in [6.07, 6.45) is 4.43. The Labute approximate surface area is 182 Å². The molecule has 3 aliphatic heterocycles. The van der Waals surface area contributed by atoms with E-state index in [9.17, 15) is 13.2 Å². The fourth-order valence-corrected chi connectivity index (χ4v) is 7.26. The van der Waals surface area contributed by atoms with Gasteiger partial charge in [-0.25, -0.2) is 13.2 Å². The summed E-state index contributed by atoms with van der Waals surface area (Å²) in [5, 5.41) is 2.32. The van der Waals surface area contributed by atoms with E-state index in [0.717, 1.165) is 17.7 Å². The number of benzene rings is 1. The number of hydrogen-bond acceptors (Lipinski definition) is 5. The van der Waals surface area contributed by atoms with Crippen LogP contribution in [0.4, 0.5) is 10.5 Å². The molecule has 1 aromatic heterocycles. The van der Waals surface area contributed by atoms with Crippen LogP contribution < -0.4 is 5.32 Å². The molecule has 4 heterocycles. The maximum absolute atomic E-state index is 13.3. The lowest BCUT2D eigenvalue weighted by atomic mass is 9.99. The summed E-state index contributed by atoms with van der Waals surface area (Å²) in [4.78, 5) is 18.7. The number of carbonyl (C=O) groups is 1. The van der Waals surface area contributed by atoms with Gasteiger partial charge in [-0.2, -0.15) is 4.31 Å². The first-order valence-corrected chi connectivity index (χ1v) is 12.1. The molecule has 0 radical (unpaired) electrons. The van der Waals surface area contributed by atoms with E-state index < -0.39 is 20.9 Å². The standard InChI is InChI=1S/C22H26N4O4S/c1-2-16-5-7-18(8-6-16)24-21(27)25-13-19-10-20-22(14-25,30-19)15-26(31(20,28)29)12-17-4-3-9-23-11-17/h3-9,11,19-20H,2,10,12-15H2,1H3,(H,24,27)/t19-,20+,22+/m1/s1. The van der Waals surface area contributed by atoms with Crippen molar-refractivity contribution in [2.75, 3.05) is 25.0 Å². The third kappa shape index (κ3) is 3.60. The molecule has 3 saturated heterocycles. The van der Waals surface area contributed by atoms with Crippen LogP contribution in [0.25, 0.3) is 0 Å². The summed E-state index contributed by atoms with van der Waals surface area (Å²) < 4.78 is 34.2. The van der Waals surface area contributed by atoms with E-state index in [1.807, 2.05) is 30.3 Å². The highest BCUT2D eigenvalue weighted by Gasteiger charge is 2.65. The number of rotatable bonds is 4. The largest absolute Gasteiger partial charge is 0.365 e. The van der Waals surface area contributed by atoms with E-state index in [0.29, 0.717) is 13.0 Å². The van der Waals surface area contributed by atoms with Crippen molar-refractivity contribution in [2.24, 2.45) is 0 Å². The van der Waals surface area contributed by atoms with Gasteiger partial charge >= 0.3 is 6.03 Å². The number of fused-ring (bicyclic) bond motifs is 1. The fraction of sp³-hybridized carbons (Fsp3) is 0.455. The highest BCUT2D eigenvalue weighted by atomic mass is 32.2. The summed E-state index contributed by atoms with van der Waals surface area (Å²) in [6, 6.07) is 11.2. The predicted molar refractivity (Wildman–Crippen MR) is 116 cm³/mol. The van der Waals surface area contributed by atoms with Gasteiger partial charge in [0.2, 0.25) is 10.0 Å². The van der Waals surface area contributed by atoms with Crippen molar-refractivity contribution in [3.63, 3.8) is 0 Å². The second kappa shape index (κ2) is 7.58. The Kier molecular flexibility index (Phi) is 4.99. The zero-order chi connectivity index (χ0) is 21.6. The van der Waals surface area contributed by atoms with E-state index in [1.165, 1.54) is 9.87 Å². The molecule has 3 fully saturated rings. The van der Waals surface area contributed by atoms with Gasteiger partial charge in [0.1, 0.15) is 10.9 Å². The van der Waals surface area contributed by atoms with Gasteiger partial charge in [0.15, 0.2) is 0 Å². The van der Waals surface area contributed by atoms with Gasteiger partial charge in [0.05, 0.1) is 12.6 Å². The van der Waals surface area contributed by atoms with E-state index in [1.54, 1.807) is 23.4 Å². The van der Waals surface area contributed by atoms with Crippen LogP contribution in [-0.2, 0) is 27.7 Å². The lowest BCUT2D eigenvalue weighted by Crippen LogP contribution is -2.57. The molecular formula is C22H26N4O4S. The third-order valence-corrected chi connectivity index (χ3v) is 8.81. The fourth-order valence-electron chi connectivity index (χ4n) is 4.97. The maximum Gasteiger partial charge on any atom is 0.322 e. The minimum atomic E-state index is -3.52. The number of ether oxygens (including phenoxy) is 1. The molecule has 3 atom stereocenters. The van der Waals surface area contributed by atoms with Gasteiger partial charge in [-0.3, -0.25) is 4.98 Å². The van der Waals surface area contributed by atoms with Gasteiger partial charge in [-0.1, -0.05) is 25.1 Å². The number of hydrogen-bond donors (Lipinski definition) is 1. The van der Waals surface area contributed by atoms with Crippen LogP contribution in [0.1, 0.15) is 24.5 Å². The molecule has 2 bridgehead atoms. The smallest absolute Gasteiger partial charge is 0.322 e. The summed E-state index contributed by atoms with van der Waals surface area (Å²) in [6.45, 7) is 3.25. The Morgan fingerprint density at radius 2 is 2.03 bits per heavy atom. The topological polar surface area (TPSA) is 91.8 Å². The number of aromatic nitrogens is 1. The van der Waals surface area contributed by atoms with Gasteiger partial charge in [0.25, 0.3) is 0 Å². The van der Waals surface area contributed by atoms with Crippen LogP contribution in [0.5, 0.6) is 0 Å². The Hall–Kier alpha value is -2.49. The average Bonchev–Trinajstić information content (AvgIpc) is 3.14. The Morgan fingerprint density at radius 1 is 1.23 bits per heavy atom. The monoisotopic (exact) mass is 442 g/mol. The van der Waals surface area contributed by atoms with Crippen molar-refractivity contribution in [1.29, 1.82) is 0 Å². The number of sulfonamides is 1. The number of urea groups is 1. The molecule has 0 saturated carbocycles. The van der Waals surface area contributed by atoms with Gasteiger partial charge in [-0.05, 0) is 42.2 Å². The Bertz CT molecular complexity index is 1080. The van der Waals surface area contributed by atoms with Crippen LogP contribution >= 0.6 is 0 Å². The quantitative estimate of drug-likeness (QED) is 0.784. The van der Waals surface area contributed by atoms with Crippen LogP contribution in [0.15, 0.2) is 48.8 Å². The SMILES string of the molecule is CCc1ccc(NC(=O)N2C[C@H]3C[C@H]4[C@](C2)(CN(Cc2cccnc2)S4(=O)=O)O3)cc1. The second-order valence-electron chi connectivity index (χ2n) is 8.56. The van der Waals surface area contributed by atoms with Gasteiger partial charge in [-0.15, -0.1) is 0 Å². The zero-order valence-corrected chi connectivity index (χ0v) is 18.2. The molecule has 2 amide bonds. The lowest BCUT2D eigenvalue weighted by Gasteiger charge is -2.39. The summed E-state index contributed by atoms with van der Waals surface area (Å²) in [7, 11) is -3.52. The Balaban J connectivity index is 1.33. The highest BCUT2D eigenvalue weighted by molar-refractivity contribution is 7.90. The van der Waals surface area contributed by atoms with E-state index in [2.05, 4.69) is 17.2 Å². The van der Waals surface area contributed by atoms with E-state index in [4.69, 9.17) is 4.74 Å². The third-order valence-electron chi connectivity index (χ3n) is 6.49. The number of nitrogens with zero attached hydrogens (tertiary/aromatic N) is 3. The molecule has 5 rings (SSSR count). The zero-order valence-electron chi connectivity index (χ0n) is 17.4. The Morgan fingerprint density at radius 3 is 2.74 bits per heavy atom. The number of aryl methyl sites for hydroxylation is 1. The molecule has 1 N–H and O–H groups in total. The summed E-state index contributed by atoms with van der Waals surface area (Å²) in [5.74, 6) is 0. The number of amides is 2. The average molecular weight is 443 g/mol. The van der Waals surface area contributed by atoms with Crippen LogP contribution in [0.2, 0.25) is 0 Å². The van der Waals surface area contributed by atoms with Crippen LogP contribution in [0, 0.1) is 0 Å². The van der Waals surface area contributed by atoms with Crippen molar-refractivity contribution in [3.05, 3.63) is 59.9 Å². The maximum atomic E-state index is 13.3. The predicted octanol–water partition coefficient (Wildman–Crippen LogP) is 2.23. The first-order valence-electron chi connectivity index (χ1n) is 10.6. The minimum absolute atomic E-state index is 0.222. The molecule has 1 spiro atoms. The number of pyridine rings is 1. The number of morpholine rings is 1. The first-order chi connectivity index (χ1) is 14.9. The summed E-state index contributed by atoms with van der Waals surface area (Å²) >= 11 is 0. The molecule has 164 valence electrons. The molecule has 3 aliphatic rings. The highest BCUT2D eigenvalue weighted by Crippen LogP contribution is 2.47. The van der Waals surface area contributed by atoms with Crippen LogP contribution in [0.3, 0.4) is 0 Å². The number of nitrogens with one attached hydrogen (secondary N) is 1. The first kappa shape index (κ1) is 20.4.